The summed E-state index contributed by atoms with van der Waals surface area (Å²) in [5.41, 5.74) is 0.592. The first-order chi connectivity index (χ1) is 11.3. The standard InChI is InChI=1S/C17H23N5O/c18-11-15-3-1-6-19-17(15)20-12-14-5-8-21(13-14)9-10-22-7-2-4-16(22)23/h1,3,6,14H,2,4-5,7-10,12-13H2,(H,19,20). The highest BCUT2D eigenvalue weighted by Crippen LogP contribution is 2.18. The Morgan fingerprint density at radius 2 is 2.30 bits per heavy atom. The summed E-state index contributed by atoms with van der Waals surface area (Å²) in [6.07, 6.45) is 4.58. The highest BCUT2D eigenvalue weighted by molar-refractivity contribution is 5.78. The Labute approximate surface area is 137 Å². The van der Waals surface area contributed by atoms with Crippen molar-refractivity contribution >= 4 is 11.7 Å². The van der Waals surface area contributed by atoms with Crippen molar-refractivity contribution < 1.29 is 4.79 Å². The Morgan fingerprint density at radius 1 is 1.39 bits per heavy atom. The molecule has 122 valence electrons. The van der Waals surface area contributed by atoms with Gasteiger partial charge >= 0.3 is 0 Å². The molecule has 6 nitrogen and oxygen atoms in total. The highest BCUT2D eigenvalue weighted by Gasteiger charge is 2.25. The summed E-state index contributed by atoms with van der Waals surface area (Å²) in [7, 11) is 0. The number of rotatable bonds is 6. The SMILES string of the molecule is N#Cc1cccnc1NCC1CCN(CCN2CCCC2=O)C1. The maximum atomic E-state index is 11.6. The van der Waals surface area contributed by atoms with Crippen molar-refractivity contribution in [2.75, 3.05) is 44.6 Å². The maximum absolute atomic E-state index is 11.6. The molecule has 0 aliphatic carbocycles. The molecule has 1 N–H and O–H groups in total. The summed E-state index contributed by atoms with van der Waals surface area (Å²) in [6.45, 7) is 5.72. The third kappa shape index (κ3) is 3.99. The number of hydrogen-bond donors (Lipinski definition) is 1. The second-order valence-electron chi connectivity index (χ2n) is 6.33. The van der Waals surface area contributed by atoms with E-state index in [1.165, 1.54) is 0 Å². The lowest BCUT2D eigenvalue weighted by Crippen LogP contribution is -2.35. The summed E-state index contributed by atoms with van der Waals surface area (Å²) in [4.78, 5) is 20.3. The first-order valence-corrected chi connectivity index (χ1v) is 8.35. The van der Waals surface area contributed by atoms with Gasteiger partial charge in [-0.3, -0.25) is 4.79 Å². The van der Waals surface area contributed by atoms with Crippen molar-refractivity contribution in [2.45, 2.75) is 19.3 Å². The largest absolute Gasteiger partial charge is 0.369 e. The number of hydrogen-bond acceptors (Lipinski definition) is 5. The number of nitrogens with one attached hydrogen (secondary N) is 1. The minimum absolute atomic E-state index is 0.307. The van der Waals surface area contributed by atoms with Crippen molar-refractivity contribution in [1.82, 2.24) is 14.8 Å². The van der Waals surface area contributed by atoms with E-state index in [-0.39, 0.29) is 0 Å². The fourth-order valence-corrected chi connectivity index (χ4v) is 3.36. The Balaban J connectivity index is 1.41. The van der Waals surface area contributed by atoms with Crippen molar-refractivity contribution in [1.29, 1.82) is 5.26 Å². The monoisotopic (exact) mass is 313 g/mol. The van der Waals surface area contributed by atoms with Crippen molar-refractivity contribution in [3.05, 3.63) is 23.9 Å². The van der Waals surface area contributed by atoms with Gasteiger partial charge in [0.1, 0.15) is 11.9 Å². The molecule has 2 aliphatic heterocycles. The van der Waals surface area contributed by atoms with Crippen LogP contribution in [0.5, 0.6) is 0 Å². The van der Waals surface area contributed by atoms with Gasteiger partial charge in [0, 0.05) is 45.3 Å². The van der Waals surface area contributed by atoms with Crippen LogP contribution in [0, 0.1) is 17.2 Å². The summed E-state index contributed by atoms with van der Waals surface area (Å²) in [6, 6.07) is 5.72. The number of carbonyl (C=O) groups excluding carboxylic acids is 1. The predicted octanol–water partition coefficient (Wildman–Crippen LogP) is 1.31. The van der Waals surface area contributed by atoms with Crippen LogP contribution < -0.4 is 5.32 Å². The molecule has 1 atom stereocenters. The van der Waals surface area contributed by atoms with E-state index in [4.69, 9.17) is 5.26 Å². The smallest absolute Gasteiger partial charge is 0.222 e. The zero-order chi connectivity index (χ0) is 16.1. The minimum atomic E-state index is 0.307. The molecule has 23 heavy (non-hydrogen) atoms. The molecule has 2 fully saturated rings. The number of carbonyl (C=O) groups is 1. The Hall–Kier alpha value is -2.13. The molecule has 6 heteroatoms. The molecule has 3 rings (SSSR count). The van der Waals surface area contributed by atoms with Crippen LogP contribution in [0.25, 0.3) is 0 Å². The lowest BCUT2D eigenvalue weighted by molar-refractivity contribution is -0.127. The second-order valence-corrected chi connectivity index (χ2v) is 6.33. The molecule has 0 radical (unpaired) electrons. The first kappa shape index (κ1) is 15.8. The number of nitriles is 1. The maximum Gasteiger partial charge on any atom is 0.222 e. The van der Waals surface area contributed by atoms with E-state index in [0.717, 1.165) is 58.5 Å². The third-order valence-corrected chi connectivity index (χ3v) is 4.71. The first-order valence-electron chi connectivity index (χ1n) is 8.35. The average molecular weight is 313 g/mol. The zero-order valence-electron chi connectivity index (χ0n) is 13.4. The molecule has 1 unspecified atom stereocenters. The topological polar surface area (TPSA) is 72.3 Å². The van der Waals surface area contributed by atoms with E-state index in [2.05, 4.69) is 21.3 Å². The fraction of sp³-hybridized carbons (Fsp3) is 0.588. The molecule has 0 spiro atoms. The van der Waals surface area contributed by atoms with Crippen LogP contribution in [0.3, 0.4) is 0 Å². The van der Waals surface area contributed by atoms with E-state index in [1.807, 2.05) is 4.90 Å². The number of aromatic nitrogens is 1. The quantitative estimate of drug-likeness (QED) is 0.857. The van der Waals surface area contributed by atoms with Gasteiger partial charge in [-0.1, -0.05) is 0 Å². The van der Waals surface area contributed by atoms with Crippen LogP contribution in [0.1, 0.15) is 24.8 Å². The molecule has 1 aromatic rings. The third-order valence-electron chi connectivity index (χ3n) is 4.71. The van der Waals surface area contributed by atoms with Crippen molar-refractivity contribution in [3.8, 4) is 6.07 Å². The summed E-state index contributed by atoms with van der Waals surface area (Å²) in [5.74, 6) is 1.55. The number of likely N-dealkylation sites (tertiary alicyclic amines) is 2. The minimum Gasteiger partial charge on any atom is -0.369 e. The van der Waals surface area contributed by atoms with E-state index in [9.17, 15) is 4.79 Å². The molecule has 0 saturated carbocycles. The van der Waals surface area contributed by atoms with Gasteiger partial charge in [-0.05, 0) is 37.4 Å². The number of pyridine rings is 1. The van der Waals surface area contributed by atoms with Gasteiger partial charge in [-0.2, -0.15) is 5.26 Å². The van der Waals surface area contributed by atoms with Gasteiger partial charge < -0.3 is 15.1 Å². The Morgan fingerprint density at radius 3 is 3.09 bits per heavy atom. The Kier molecular flexibility index (Phi) is 5.09. The summed E-state index contributed by atoms with van der Waals surface area (Å²) in [5, 5.41) is 12.4. The lowest BCUT2D eigenvalue weighted by atomic mass is 10.1. The van der Waals surface area contributed by atoms with Gasteiger partial charge in [0.25, 0.3) is 0 Å². The van der Waals surface area contributed by atoms with Crippen LogP contribution in [0.15, 0.2) is 18.3 Å². The van der Waals surface area contributed by atoms with E-state index >= 15 is 0 Å². The van der Waals surface area contributed by atoms with Crippen LogP contribution in [0.2, 0.25) is 0 Å². The molecule has 0 bridgehead atoms. The van der Waals surface area contributed by atoms with Gasteiger partial charge in [-0.15, -0.1) is 0 Å². The van der Waals surface area contributed by atoms with Gasteiger partial charge in [-0.25, -0.2) is 4.98 Å². The molecule has 1 amide bonds. The molecule has 3 heterocycles. The summed E-state index contributed by atoms with van der Waals surface area (Å²) < 4.78 is 0. The van der Waals surface area contributed by atoms with Gasteiger partial charge in [0.15, 0.2) is 0 Å². The highest BCUT2D eigenvalue weighted by atomic mass is 16.2. The van der Waals surface area contributed by atoms with Crippen LogP contribution in [-0.4, -0.2) is 60.0 Å². The number of anilines is 1. The van der Waals surface area contributed by atoms with E-state index < -0.39 is 0 Å². The molecular formula is C17H23N5O. The van der Waals surface area contributed by atoms with Crippen LogP contribution in [-0.2, 0) is 4.79 Å². The van der Waals surface area contributed by atoms with Crippen molar-refractivity contribution in [3.63, 3.8) is 0 Å². The van der Waals surface area contributed by atoms with E-state index in [1.54, 1.807) is 18.3 Å². The lowest BCUT2D eigenvalue weighted by Gasteiger charge is -2.21. The van der Waals surface area contributed by atoms with Crippen molar-refractivity contribution in [2.24, 2.45) is 5.92 Å². The Bertz CT molecular complexity index is 597. The zero-order valence-corrected chi connectivity index (χ0v) is 13.4. The second kappa shape index (κ2) is 7.42. The molecular weight excluding hydrogens is 290 g/mol. The normalized spacial score (nSPS) is 21.6. The van der Waals surface area contributed by atoms with Gasteiger partial charge in [0.2, 0.25) is 5.91 Å². The van der Waals surface area contributed by atoms with Crippen LogP contribution >= 0.6 is 0 Å². The predicted molar refractivity (Wildman–Crippen MR) is 87.8 cm³/mol. The fourth-order valence-electron chi connectivity index (χ4n) is 3.36. The van der Waals surface area contributed by atoms with E-state index in [0.29, 0.717) is 23.2 Å². The number of amides is 1. The average Bonchev–Trinajstić information content (AvgIpc) is 3.20. The number of nitrogens with zero attached hydrogens (tertiary/aromatic N) is 4. The molecule has 2 aliphatic rings. The molecule has 0 aromatic carbocycles. The molecule has 2 saturated heterocycles. The van der Waals surface area contributed by atoms with Crippen LogP contribution in [0.4, 0.5) is 5.82 Å². The molecule has 1 aromatic heterocycles. The summed E-state index contributed by atoms with van der Waals surface area (Å²) >= 11 is 0. The van der Waals surface area contributed by atoms with Gasteiger partial charge in [0.05, 0.1) is 5.56 Å².